The first-order valence-electron chi connectivity index (χ1n) is 25.0. The highest BCUT2D eigenvalue weighted by molar-refractivity contribution is 7.13. The number of halogens is 3. The third-order valence-corrected chi connectivity index (χ3v) is 13.8. The molecule has 0 radical (unpaired) electrons. The SMILES string of the molecule is Cc1ncc(NC(=O)c2cccc(C(F)(F)F)c2)cc1-c1cnc(OCCOCCOCCOCCNC(C(=O)N2C[C@H](O)C[C@H]2C(=O)NC(C)c2ccc(-c3scnc3C)cc2)C(C)(C)C)c(N2CCOCC2)c1. The van der Waals surface area contributed by atoms with Crippen LogP contribution in [0.25, 0.3) is 21.6 Å². The summed E-state index contributed by atoms with van der Waals surface area (Å²) < 4.78 is 68.8. The third-order valence-electron chi connectivity index (χ3n) is 12.9. The van der Waals surface area contributed by atoms with Gasteiger partial charge in [0.1, 0.15) is 18.3 Å². The van der Waals surface area contributed by atoms with Crippen molar-refractivity contribution in [2.75, 3.05) is 95.9 Å². The summed E-state index contributed by atoms with van der Waals surface area (Å²) >= 11 is 1.58. The summed E-state index contributed by atoms with van der Waals surface area (Å²) in [7, 11) is 0. The summed E-state index contributed by atoms with van der Waals surface area (Å²) in [5.74, 6) is -0.866. The number of rotatable bonds is 23. The summed E-state index contributed by atoms with van der Waals surface area (Å²) in [6.07, 6.45) is -2.16. The number of hydrogen-bond acceptors (Lipinski definition) is 15. The van der Waals surface area contributed by atoms with Gasteiger partial charge in [0.25, 0.3) is 5.91 Å². The van der Waals surface area contributed by atoms with Gasteiger partial charge in [-0.1, -0.05) is 51.1 Å². The number of carbonyl (C=O) groups excluding carboxylic acids is 3. The van der Waals surface area contributed by atoms with Crippen LogP contribution in [0, 0.1) is 19.3 Å². The fraction of sp³-hybridized carbons (Fsp3) is 0.481. The molecule has 5 aromatic rings. The molecule has 2 aliphatic rings. The largest absolute Gasteiger partial charge is 0.474 e. The van der Waals surface area contributed by atoms with Crippen molar-refractivity contribution in [3.8, 4) is 27.4 Å². The number of carbonyl (C=O) groups is 3. The van der Waals surface area contributed by atoms with E-state index in [-0.39, 0.29) is 49.6 Å². The van der Waals surface area contributed by atoms with E-state index in [9.17, 15) is 32.7 Å². The Balaban J connectivity index is 0.811. The van der Waals surface area contributed by atoms with E-state index < -0.39 is 41.2 Å². The molecule has 75 heavy (non-hydrogen) atoms. The van der Waals surface area contributed by atoms with E-state index >= 15 is 0 Å². The van der Waals surface area contributed by atoms with Crippen LogP contribution >= 0.6 is 11.3 Å². The fourth-order valence-corrected chi connectivity index (χ4v) is 9.62. The summed E-state index contributed by atoms with van der Waals surface area (Å²) in [6, 6.07) is 14.1. The molecule has 7 rings (SSSR count). The molecule has 2 saturated heterocycles. The molecule has 3 amide bonds. The molecule has 0 aliphatic carbocycles. The van der Waals surface area contributed by atoms with E-state index in [0.717, 1.165) is 39.5 Å². The lowest BCUT2D eigenvalue weighted by molar-refractivity contribution is -0.142. The molecule has 404 valence electrons. The first-order chi connectivity index (χ1) is 35.9. The Morgan fingerprint density at radius 1 is 0.853 bits per heavy atom. The Morgan fingerprint density at radius 3 is 2.21 bits per heavy atom. The van der Waals surface area contributed by atoms with Crippen molar-refractivity contribution in [3.63, 3.8) is 0 Å². The molecule has 4 atom stereocenters. The molecular formula is C54H67F3N8O9S. The van der Waals surface area contributed by atoms with Crippen LogP contribution in [0.4, 0.5) is 24.5 Å². The second kappa shape index (κ2) is 26.1. The number of anilines is 2. The van der Waals surface area contributed by atoms with Crippen LogP contribution in [-0.2, 0) is 34.7 Å². The quantitative estimate of drug-likeness (QED) is 0.0477. The van der Waals surface area contributed by atoms with Crippen molar-refractivity contribution in [1.29, 1.82) is 0 Å². The average molecular weight is 1060 g/mol. The molecule has 0 saturated carbocycles. The number of amides is 3. The number of likely N-dealkylation sites (tertiary alicyclic amines) is 1. The highest BCUT2D eigenvalue weighted by atomic mass is 32.1. The van der Waals surface area contributed by atoms with Gasteiger partial charge < -0.3 is 54.5 Å². The third kappa shape index (κ3) is 15.5. The molecule has 0 spiro atoms. The highest BCUT2D eigenvalue weighted by Crippen LogP contribution is 2.35. The lowest BCUT2D eigenvalue weighted by atomic mass is 9.85. The van der Waals surface area contributed by atoms with E-state index in [4.69, 9.17) is 23.7 Å². The number of pyridine rings is 2. The first kappa shape index (κ1) is 56.7. The monoisotopic (exact) mass is 1060 g/mol. The second-order valence-corrected chi connectivity index (χ2v) is 20.3. The smallest absolute Gasteiger partial charge is 0.416 e. The van der Waals surface area contributed by atoms with Crippen molar-refractivity contribution in [3.05, 3.63) is 107 Å². The Labute approximate surface area is 439 Å². The van der Waals surface area contributed by atoms with E-state index in [1.807, 2.05) is 77.4 Å². The number of aliphatic hydroxyl groups is 1. The minimum Gasteiger partial charge on any atom is -0.474 e. The number of β-amino-alcohol motifs (C(OH)–C–C–N with tert-alkyl or cyclic N) is 1. The van der Waals surface area contributed by atoms with Gasteiger partial charge in [-0.05, 0) is 67.6 Å². The number of hydrogen-bond donors (Lipinski definition) is 4. The van der Waals surface area contributed by atoms with Crippen molar-refractivity contribution in [2.45, 2.75) is 78.4 Å². The zero-order chi connectivity index (χ0) is 53.7. The first-order valence-corrected chi connectivity index (χ1v) is 25.9. The molecule has 4 N–H and O–H groups in total. The maximum absolute atomic E-state index is 14.1. The van der Waals surface area contributed by atoms with Crippen LogP contribution in [-0.4, -0.2) is 147 Å². The van der Waals surface area contributed by atoms with E-state index in [1.54, 1.807) is 23.6 Å². The number of aromatic nitrogens is 3. The predicted octanol–water partition coefficient (Wildman–Crippen LogP) is 7.26. The molecule has 21 heteroatoms. The molecule has 5 heterocycles. The number of aliphatic hydroxyl groups excluding tert-OH is 1. The molecule has 0 bridgehead atoms. The van der Waals surface area contributed by atoms with Crippen LogP contribution in [0.1, 0.15) is 73.0 Å². The number of benzene rings is 2. The Kier molecular flexibility index (Phi) is 19.7. The van der Waals surface area contributed by atoms with E-state index in [0.29, 0.717) is 94.3 Å². The number of nitrogens with one attached hydrogen (secondary N) is 3. The average Bonchev–Trinajstić information content (AvgIpc) is 4.01. The number of nitrogens with zero attached hydrogens (tertiary/aromatic N) is 5. The minimum atomic E-state index is -4.59. The summed E-state index contributed by atoms with van der Waals surface area (Å²) in [4.78, 5) is 58.8. The van der Waals surface area contributed by atoms with Gasteiger partial charge in [-0.25, -0.2) is 9.97 Å². The summed E-state index contributed by atoms with van der Waals surface area (Å²) in [5, 5.41) is 19.7. The highest BCUT2D eigenvalue weighted by Gasteiger charge is 2.44. The minimum absolute atomic E-state index is 0.0666. The lowest BCUT2D eigenvalue weighted by Gasteiger charge is -2.35. The van der Waals surface area contributed by atoms with Crippen LogP contribution in [0.3, 0.4) is 0 Å². The maximum Gasteiger partial charge on any atom is 0.416 e. The zero-order valence-corrected chi connectivity index (χ0v) is 44.0. The molecule has 17 nitrogen and oxygen atoms in total. The second-order valence-electron chi connectivity index (χ2n) is 19.5. The number of alkyl halides is 3. The van der Waals surface area contributed by atoms with E-state index in [2.05, 4.69) is 35.8 Å². The van der Waals surface area contributed by atoms with Crippen molar-refractivity contribution in [2.24, 2.45) is 5.41 Å². The van der Waals surface area contributed by atoms with Gasteiger partial charge in [-0.15, -0.1) is 11.3 Å². The Hall–Kier alpha value is -6.07. The molecule has 2 fully saturated rings. The topological polar surface area (TPSA) is 199 Å². The standard InChI is InChI=1S/C54H67F3N8O9S/c1-34(37-10-12-38(13-11-37)47-36(3)61-33-75-47)62-50(68)45-29-43(66)32-65(45)52(69)48(53(4,5)6)58-14-17-70-20-21-72-22-23-73-24-25-74-51-46(64-15-18-71-19-16-64)27-40(30-60-51)44-28-42(31-59-35(44)2)63-49(67)39-8-7-9-41(26-39)54(55,56)57/h7-13,26-28,30-31,33-34,43,45,48,58,66H,14-25,29,32H2,1-6H3,(H,62,68)(H,63,67)/t34?,43-,45+,48?/m1/s1. The van der Waals surface area contributed by atoms with Gasteiger partial charge in [0.15, 0.2) is 0 Å². The molecule has 2 aliphatic heterocycles. The van der Waals surface area contributed by atoms with Crippen molar-refractivity contribution in [1.82, 2.24) is 30.5 Å². The molecule has 3 aromatic heterocycles. The number of ether oxygens (including phenoxy) is 5. The van der Waals surface area contributed by atoms with E-state index in [1.165, 1.54) is 23.2 Å². The number of morpholine rings is 1. The van der Waals surface area contributed by atoms with Crippen LogP contribution in [0.2, 0.25) is 0 Å². The van der Waals surface area contributed by atoms with Gasteiger partial charge in [0, 0.05) is 61.2 Å². The zero-order valence-electron chi connectivity index (χ0n) is 43.2. The van der Waals surface area contributed by atoms with Gasteiger partial charge in [-0.2, -0.15) is 13.2 Å². The normalized spacial score (nSPS) is 16.9. The maximum atomic E-state index is 14.1. The summed E-state index contributed by atoms with van der Waals surface area (Å²) in [5.41, 5.74) is 6.27. The van der Waals surface area contributed by atoms with Crippen LogP contribution in [0.5, 0.6) is 5.88 Å². The summed E-state index contributed by atoms with van der Waals surface area (Å²) in [6.45, 7) is 16.4. The molecular weight excluding hydrogens is 994 g/mol. The van der Waals surface area contributed by atoms with Crippen LogP contribution < -0.4 is 25.6 Å². The molecule has 2 unspecified atom stereocenters. The fourth-order valence-electron chi connectivity index (χ4n) is 8.81. The van der Waals surface area contributed by atoms with Crippen LogP contribution in [0.15, 0.2) is 78.6 Å². The van der Waals surface area contributed by atoms with Gasteiger partial charge >= 0.3 is 6.18 Å². The Morgan fingerprint density at radius 2 is 1.55 bits per heavy atom. The van der Waals surface area contributed by atoms with Gasteiger partial charge in [0.05, 0.1) is 105 Å². The van der Waals surface area contributed by atoms with Gasteiger partial charge in [-0.3, -0.25) is 19.4 Å². The number of thiazole rings is 1. The number of aryl methyl sites for hydroxylation is 2. The Bertz CT molecular complexity index is 2700. The van der Waals surface area contributed by atoms with Crippen molar-refractivity contribution >= 4 is 40.4 Å². The predicted molar refractivity (Wildman–Crippen MR) is 279 cm³/mol. The lowest BCUT2D eigenvalue weighted by Crippen LogP contribution is -2.57. The van der Waals surface area contributed by atoms with Gasteiger partial charge in [0.2, 0.25) is 17.7 Å². The van der Waals surface area contributed by atoms with Crippen molar-refractivity contribution < 1.29 is 56.3 Å². The molecule has 2 aromatic carbocycles.